The zero-order chi connectivity index (χ0) is 21.7. The fourth-order valence-corrected chi connectivity index (χ4v) is 9.16. The zero-order valence-electron chi connectivity index (χ0n) is 19.3. The van der Waals surface area contributed by atoms with Crippen LogP contribution in [0.15, 0.2) is 0 Å². The van der Waals surface area contributed by atoms with E-state index in [2.05, 4.69) is 13.8 Å². The van der Waals surface area contributed by atoms with Crippen molar-refractivity contribution < 1.29 is 18.3 Å². The van der Waals surface area contributed by atoms with E-state index in [0.717, 1.165) is 43.4 Å². The molecule has 0 aromatic rings. The van der Waals surface area contributed by atoms with E-state index in [1.165, 1.54) is 58.3 Å². The Kier molecular flexibility index (Phi) is 6.32. The molecule has 1 nitrogen and oxygen atoms in total. The van der Waals surface area contributed by atoms with E-state index in [0.29, 0.717) is 22.7 Å². The van der Waals surface area contributed by atoms with E-state index in [-0.39, 0.29) is 12.5 Å². The molecule has 9 atom stereocenters. The molecule has 0 amide bonds. The van der Waals surface area contributed by atoms with Gasteiger partial charge in [0.2, 0.25) is 0 Å². The van der Waals surface area contributed by atoms with Gasteiger partial charge in [-0.05, 0) is 117 Å². The first-order valence-electron chi connectivity index (χ1n) is 12.9. The van der Waals surface area contributed by atoms with E-state index in [1.807, 2.05) is 0 Å². The summed E-state index contributed by atoms with van der Waals surface area (Å²) in [6.07, 6.45) is 10.0. The highest BCUT2D eigenvalue weighted by molar-refractivity contribution is 5.10. The van der Waals surface area contributed by atoms with Crippen molar-refractivity contribution in [2.45, 2.75) is 117 Å². The smallest absolute Gasteiger partial charge is 0.391 e. The number of fused-ring (bicyclic) bond motifs is 5. The molecule has 4 aliphatic carbocycles. The highest BCUT2D eigenvalue weighted by atomic mass is 19.4. The summed E-state index contributed by atoms with van der Waals surface area (Å²) in [6, 6.07) is 0. The Morgan fingerprint density at radius 1 is 1.00 bits per heavy atom. The van der Waals surface area contributed by atoms with Crippen molar-refractivity contribution in [1.82, 2.24) is 0 Å². The molecule has 0 aliphatic heterocycles. The van der Waals surface area contributed by atoms with E-state index >= 15 is 0 Å². The lowest BCUT2D eigenvalue weighted by Gasteiger charge is -2.62. The maximum absolute atomic E-state index is 12.9. The predicted molar refractivity (Wildman–Crippen MR) is 115 cm³/mol. The number of hydrogen-bond acceptors (Lipinski definition) is 1. The number of halogens is 3. The molecule has 174 valence electrons. The van der Waals surface area contributed by atoms with Crippen molar-refractivity contribution >= 4 is 0 Å². The molecule has 0 aromatic heterocycles. The molecule has 9 unspecified atom stereocenters. The number of aliphatic hydroxyl groups is 1. The van der Waals surface area contributed by atoms with Gasteiger partial charge in [0.1, 0.15) is 0 Å². The Balaban J connectivity index is 1.43. The Morgan fingerprint density at radius 3 is 2.47 bits per heavy atom. The summed E-state index contributed by atoms with van der Waals surface area (Å²) in [7, 11) is 0. The van der Waals surface area contributed by atoms with Gasteiger partial charge in [-0.25, -0.2) is 0 Å². The van der Waals surface area contributed by atoms with E-state index in [4.69, 9.17) is 0 Å². The van der Waals surface area contributed by atoms with Crippen LogP contribution in [0.3, 0.4) is 0 Å². The largest absolute Gasteiger partial charge is 0.393 e. The van der Waals surface area contributed by atoms with Crippen LogP contribution in [-0.4, -0.2) is 17.4 Å². The lowest BCUT2D eigenvalue weighted by atomic mass is 9.43. The molecule has 1 N–H and O–H groups in total. The van der Waals surface area contributed by atoms with Gasteiger partial charge in [0, 0.05) is 0 Å². The summed E-state index contributed by atoms with van der Waals surface area (Å²) < 4.78 is 38.7. The number of aliphatic hydroxyl groups excluding tert-OH is 1. The third kappa shape index (κ3) is 3.75. The molecule has 4 saturated carbocycles. The molecule has 0 spiro atoms. The summed E-state index contributed by atoms with van der Waals surface area (Å²) >= 11 is 0. The third-order valence-electron chi connectivity index (χ3n) is 10.9. The second kappa shape index (κ2) is 8.27. The highest BCUT2D eigenvalue weighted by Gasteiger charge is 2.60. The molecule has 0 bridgehead atoms. The summed E-state index contributed by atoms with van der Waals surface area (Å²) in [4.78, 5) is 0. The van der Waals surface area contributed by atoms with Gasteiger partial charge in [-0.1, -0.05) is 27.2 Å². The molecule has 4 fully saturated rings. The zero-order valence-corrected chi connectivity index (χ0v) is 19.3. The molecule has 4 rings (SSSR count). The number of hydrogen-bond donors (Lipinski definition) is 1. The topological polar surface area (TPSA) is 20.2 Å². The van der Waals surface area contributed by atoms with E-state index in [9.17, 15) is 18.3 Å². The number of alkyl halides is 3. The van der Waals surface area contributed by atoms with Crippen LogP contribution in [0.2, 0.25) is 0 Å². The van der Waals surface area contributed by atoms with Gasteiger partial charge in [-0.2, -0.15) is 13.2 Å². The number of rotatable bonds is 5. The standard InChI is InChI=1S/C26H43F3O/c1-4-25-15-12-20(30)16-19(25)8-10-21-22-11-9-18(24(22,3)14-13-23(21)25)7-5-6-17(2)26(27,28)29/h17-23,30H,4-16H2,1-3H3. The fourth-order valence-electron chi connectivity index (χ4n) is 9.16. The Hall–Kier alpha value is -0.250. The summed E-state index contributed by atoms with van der Waals surface area (Å²) in [6.45, 7) is 6.22. The van der Waals surface area contributed by atoms with Gasteiger partial charge >= 0.3 is 6.18 Å². The Bertz CT molecular complexity index is 604. The van der Waals surface area contributed by atoms with Gasteiger partial charge in [-0.15, -0.1) is 0 Å². The van der Waals surface area contributed by atoms with Crippen LogP contribution in [-0.2, 0) is 0 Å². The van der Waals surface area contributed by atoms with Crippen molar-refractivity contribution in [3.8, 4) is 0 Å². The molecule has 0 heterocycles. The Morgan fingerprint density at radius 2 is 1.77 bits per heavy atom. The summed E-state index contributed by atoms with van der Waals surface area (Å²) in [5.74, 6) is 2.56. The first-order chi connectivity index (χ1) is 14.1. The van der Waals surface area contributed by atoms with Crippen molar-refractivity contribution in [3.05, 3.63) is 0 Å². The normalized spacial score (nSPS) is 47.3. The first kappa shape index (κ1) is 22.9. The molecular formula is C26H43F3O. The maximum atomic E-state index is 12.9. The maximum Gasteiger partial charge on any atom is 0.391 e. The minimum atomic E-state index is -4.04. The predicted octanol–water partition coefficient (Wildman–Crippen LogP) is 7.77. The minimum Gasteiger partial charge on any atom is -0.393 e. The molecule has 0 aromatic carbocycles. The lowest BCUT2D eigenvalue weighted by molar-refractivity contribution is -0.171. The van der Waals surface area contributed by atoms with Crippen LogP contribution >= 0.6 is 0 Å². The van der Waals surface area contributed by atoms with Crippen LogP contribution in [0.5, 0.6) is 0 Å². The van der Waals surface area contributed by atoms with Gasteiger partial charge in [-0.3, -0.25) is 0 Å². The van der Waals surface area contributed by atoms with Crippen LogP contribution in [0.4, 0.5) is 13.2 Å². The molecule has 0 radical (unpaired) electrons. The van der Waals surface area contributed by atoms with Crippen molar-refractivity contribution in [2.75, 3.05) is 0 Å². The van der Waals surface area contributed by atoms with E-state index in [1.54, 1.807) is 0 Å². The highest BCUT2D eigenvalue weighted by Crippen LogP contribution is 2.68. The third-order valence-corrected chi connectivity index (χ3v) is 10.9. The fraction of sp³-hybridized carbons (Fsp3) is 1.00. The molecule has 4 aliphatic rings. The molecule has 4 heteroatoms. The van der Waals surface area contributed by atoms with Gasteiger partial charge in [0.25, 0.3) is 0 Å². The first-order valence-corrected chi connectivity index (χ1v) is 12.9. The summed E-state index contributed by atoms with van der Waals surface area (Å²) in [5.41, 5.74) is 0.794. The molecular weight excluding hydrogens is 385 g/mol. The minimum absolute atomic E-state index is 0.0879. The monoisotopic (exact) mass is 428 g/mol. The SMILES string of the molecule is CCC12CCC(O)CC1CCC1C3CCC(CCCC(C)C(F)(F)F)C3(C)CCC12. The average molecular weight is 429 g/mol. The molecule has 30 heavy (non-hydrogen) atoms. The second-order valence-electron chi connectivity index (χ2n) is 11.9. The van der Waals surface area contributed by atoms with Crippen molar-refractivity contribution in [3.63, 3.8) is 0 Å². The van der Waals surface area contributed by atoms with Gasteiger partial charge in [0.05, 0.1) is 12.0 Å². The second-order valence-corrected chi connectivity index (χ2v) is 11.9. The van der Waals surface area contributed by atoms with Crippen molar-refractivity contribution in [2.24, 2.45) is 46.3 Å². The quantitative estimate of drug-likeness (QED) is 0.474. The molecule has 0 saturated heterocycles. The van der Waals surface area contributed by atoms with Crippen LogP contribution in [0.1, 0.15) is 104 Å². The van der Waals surface area contributed by atoms with Gasteiger partial charge in [0.15, 0.2) is 0 Å². The average Bonchev–Trinajstić information content (AvgIpc) is 3.03. The lowest BCUT2D eigenvalue weighted by Crippen LogP contribution is -2.54. The van der Waals surface area contributed by atoms with E-state index < -0.39 is 12.1 Å². The van der Waals surface area contributed by atoms with Crippen LogP contribution in [0, 0.1) is 46.3 Å². The van der Waals surface area contributed by atoms with Crippen LogP contribution in [0.25, 0.3) is 0 Å². The summed E-state index contributed by atoms with van der Waals surface area (Å²) in [5, 5.41) is 10.3. The van der Waals surface area contributed by atoms with Crippen molar-refractivity contribution in [1.29, 1.82) is 0 Å². The van der Waals surface area contributed by atoms with Crippen LogP contribution < -0.4 is 0 Å². The van der Waals surface area contributed by atoms with Gasteiger partial charge < -0.3 is 5.11 Å². The Labute approximate surface area is 181 Å².